The van der Waals surface area contributed by atoms with Gasteiger partial charge in [0.25, 0.3) is 5.91 Å². The fourth-order valence-electron chi connectivity index (χ4n) is 2.71. The topological polar surface area (TPSA) is 64.2 Å². The minimum Gasteiger partial charge on any atom is -0.338 e. The zero-order valence-corrected chi connectivity index (χ0v) is 15.0. The van der Waals surface area contributed by atoms with Crippen molar-refractivity contribution in [2.45, 2.75) is 26.4 Å². The number of likely N-dealkylation sites (N-methyl/N-ethyl adjacent to an activating group) is 1. The summed E-state index contributed by atoms with van der Waals surface area (Å²) in [7, 11) is 1.78. The van der Waals surface area contributed by atoms with Gasteiger partial charge in [-0.05, 0) is 54.4 Å². The van der Waals surface area contributed by atoms with Crippen LogP contribution in [0.3, 0.4) is 0 Å². The fourth-order valence-corrected chi connectivity index (χ4v) is 3.37. The summed E-state index contributed by atoms with van der Waals surface area (Å²) >= 11 is 1.69. The molecular weight excluding hydrogens is 320 g/mol. The van der Waals surface area contributed by atoms with Gasteiger partial charge in [-0.2, -0.15) is 11.3 Å². The Bertz CT molecular complexity index is 853. The summed E-state index contributed by atoms with van der Waals surface area (Å²) in [6.45, 7) is 5.18. The Morgan fingerprint density at radius 2 is 2.21 bits per heavy atom. The Morgan fingerprint density at radius 1 is 1.42 bits per heavy atom. The van der Waals surface area contributed by atoms with E-state index < -0.39 is 0 Å². The smallest absolute Gasteiger partial charge is 0.253 e. The van der Waals surface area contributed by atoms with Crippen LogP contribution in [-0.2, 0) is 6.54 Å². The monoisotopic (exact) mass is 342 g/mol. The third-order valence-corrected chi connectivity index (χ3v) is 5.16. The van der Waals surface area contributed by atoms with Crippen molar-refractivity contribution in [3.05, 3.63) is 52.0 Å². The van der Waals surface area contributed by atoms with Gasteiger partial charge in [0.15, 0.2) is 0 Å². The molecule has 2 N–H and O–H groups in total. The lowest BCUT2D eigenvalue weighted by molar-refractivity contribution is 0.0748. The second-order valence-corrected chi connectivity index (χ2v) is 6.86. The van der Waals surface area contributed by atoms with E-state index in [1.54, 1.807) is 23.3 Å². The first-order chi connectivity index (χ1) is 11.5. The molecule has 0 bridgehead atoms. The molecule has 1 unspecified atom stereocenters. The van der Waals surface area contributed by atoms with Crippen molar-refractivity contribution in [3.8, 4) is 0 Å². The Labute approximate surface area is 145 Å². The molecule has 0 saturated carbocycles. The number of aromatic nitrogens is 2. The summed E-state index contributed by atoms with van der Waals surface area (Å²) in [6, 6.07) is 7.85. The first kappa shape index (κ1) is 16.7. The maximum absolute atomic E-state index is 12.6. The first-order valence-corrected chi connectivity index (χ1v) is 8.90. The van der Waals surface area contributed by atoms with Gasteiger partial charge in [-0.25, -0.2) is 4.98 Å². The van der Waals surface area contributed by atoms with Gasteiger partial charge >= 0.3 is 0 Å². The molecule has 0 saturated heterocycles. The molecule has 0 fully saturated rings. The summed E-state index contributed by atoms with van der Waals surface area (Å²) in [5.74, 6) is 0.921. The second kappa shape index (κ2) is 6.75. The third-order valence-electron chi connectivity index (χ3n) is 4.43. The molecule has 0 radical (unpaired) electrons. The number of carbonyl (C=O) groups is 1. The molecule has 3 rings (SSSR count). The molecule has 6 heteroatoms. The Kier molecular flexibility index (Phi) is 4.69. The van der Waals surface area contributed by atoms with Crippen LogP contribution < -0.4 is 5.73 Å². The summed E-state index contributed by atoms with van der Waals surface area (Å²) in [6.07, 6.45) is 0. The van der Waals surface area contributed by atoms with E-state index in [1.807, 2.05) is 32.0 Å². The SMILES string of the molecule is Cc1nc2cc(C(=O)N(C)C(C)CN)ccc2n1Cc1ccsc1. The van der Waals surface area contributed by atoms with Crippen LogP contribution in [0.2, 0.25) is 0 Å². The molecule has 3 aromatic rings. The van der Waals surface area contributed by atoms with Gasteiger partial charge in [0.2, 0.25) is 0 Å². The maximum Gasteiger partial charge on any atom is 0.253 e. The third kappa shape index (κ3) is 3.07. The van der Waals surface area contributed by atoms with Gasteiger partial charge in [-0.15, -0.1) is 0 Å². The zero-order valence-electron chi connectivity index (χ0n) is 14.2. The van der Waals surface area contributed by atoms with Crippen LogP contribution in [0.15, 0.2) is 35.0 Å². The summed E-state index contributed by atoms with van der Waals surface area (Å²) in [5, 5.41) is 4.22. The number of fused-ring (bicyclic) bond motifs is 1. The largest absolute Gasteiger partial charge is 0.338 e. The quantitative estimate of drug-likeness (QED) is 0.775. The van der Waals surface area contributed by atoms with Crippen molar-refractivity contribution in [2.24, 2.45) is 5.73 Å². The molecule has 0 aliphatic heterocycles. The molecule has 24 heavy (non-hydrogen) atoms. The number of benzene rings is 1. The van der Waals surface area contributed by atoms with Crippen molar-refractivity contribution in [3.63, 3.8) is 0 Å². The molecule has 1 aromatic carbocycles. The minimum atomic E-state index is -0.0279. The molecule has 2 heterocycles. The molecule has 0 spiro atoms. The van der Waals surface area contributed by atoms with Crippen LogP contribution in [0.25, 0.3) is 11.0 Å². The Balaban J connectivity index is 1.94. The van der Waals surface area contributed by atoms with Crippen LogP contribution in [0, 0.1) is 6.92 Å². The zero-order chi connectivity index (χ0) is 17.3. The molecule has 0 aliphatic carbocycles. The standard InChI is InChI=1S/C18H22N4OS/c1-12(9-19)21(3)18(23)15-4-5-17-16(8-15)20-13(2)22(17)10-14-6-7-24-11-14/h4-8,11-12H,9-10,19H2,1-3H3. The van der Waals surface area contributed by atoms with E-state index in [-0.39, 0.29) is 11.9 Å². The van der Waals surface area contributed by atoms with E-state index in [1.165, 1.54) is 5.56 Å². The van der Waals surface area contributed by atoms with Crippen LogP contribution in [0.1, 0.15) is 28.7 Å². The van der Waals surface area contributed by atoms with E-state index in [0.29, 0.717) is 12.1 Å². The predicted octanol–water partition coefficient (Wildman–Crippen LogP) is 2.87. The van der Waals surface area contributed by atoms with E-state index in [0.717, 1.165) is 23.4 Å². The highest BCUT2D eigenvalue weighted by molar-refractivity contribution is 7.07. The lowest BCUT2D eigenvalue weighted by Gasteiger charge is -2.23. The highest BCUT2D eigenvalue weighted by atomic mass is 32.1. The highest BCUT2D eigenvalue weighted by Gasteiger charge is 2.18. The van der Waals surface area contributed by atoms with Crippen LogP contribution in [-0.4, -0.2) is 40.0 Å². The van der Waals surface area contributed by atoms with Gasteiger partial charge < -0.3 is 15.2 Å². The lowest BCUT2D eigenvalue weighted by atomic mass is 10.1. The van der Waals surface area contributed by atoms with E-state index >= 15 is 0 Å². The predicted molar refractivity (Wildman–Crippen MR) is 98.5 cm³/mol. The van der Waals surface area contributed by atoms with Gasteiger partial charge in [-0.1, -0.05) is 0 Å². The minimum absolute atomic E-state index is 0.00563. The van der Waals surface area contributed by atoms with Gasteiger partial charge in [-0.3, -0.25) is 4.79 Å². The summed E-state index contributed by atoms with van der Waals surface area (Å²) in [5.41, 5.74) is 9.46. The van der Waals surface area contributed by atoms with E-state index in [9.17, 15) is 4.79 Å². The average Bonchev–Trinajstić information content (AvgIpc) is 3.21. The van der Waals surface area contributed by atoms with Crippen molar-refractivity contribution >= 4 is 28.3 Å². The number of aryl methyl sites for hydroxylation is 1. The van der Waals surface area contributed by atoms with Crippen molar-refractivity contribution < 1.29 is 4.79 Å². The van der Waals surface area contributed by atoms with E-state index in [2.05, 4.69) is 26.4 Å². The van der Waals surface area contributed by atoms with Crippen LogP contribution >= 0.6 is 11.3 Å². The fraction of sp³-hybridized carbons (Fsp3) is 0.333. The normalized spacial score (nSPS) is 12.5. The number of thiophene rings is 1. The van der Waals surface area contributed by atoms with Crippen molar-refractivity contribution in [1.29, 1.82) is 0 Å². The lowest BCUT2D eigenvalue weighted by Crippen LogP contribution is -2.39. The molecule has 1 atom stereocenters. The summed E-state index contributed by atoms with van der Waals surface area (Å²) < 4.78 is 2.18. The van der Waals surface area contributed by atoms with Gasteiger partial charge in [0.05, 0.1) is 17.6 Å². The molecule has 0 aliphatic rings. The number of carbonyl (C=O) groups excluding carboxylic acids is 1. The number of nitrogens with zero attached hydrogens (tertiary/aromatic N) is 3. The number of imidazole rings is 1. The summed E-state index contributed by atoms with van der Waals surface area (Å²) in [4.78, 5) is 18.9. The Hall–Kier alpha value is -2.18. The van der Waals surface area contributed by atoms with Gasteiger partial charge in [0.1, 0.15) is 5.82 Å². The number of hydrogen-bond donors (Lipinski definition) is 1. The van der Waals surface area contributed by atoms with E-state index in [4.69, 9.17) is 5.73 Å². The number of amides is 1. The van der Waals surface area contributed by atoms with Crippen LogP contribution in [0.5, 0.6) is 0 Å². The molecule has 5 nitrogen and oxygen atoms in total. The highest BCUT2D eigenvalue weighted by Crippen LogP contribution is 2.21. The number of rotatable bonds is 5. The number of nitrogens with two attached hydrogens (primary N) is 1. The van der Waals surface area contributed by atoms with Crippen molar-refractivity contribution in [1.82, 2.24) is 14.5 Å². The maximum atomic E-state index is 12.6. The first-order valence-electron chi connectivity index (χ1n) is 7.96. The molecule has 1 amide bonds. The average molecular weight is 342 g/mol. The molecule has 126 valence electrons. The molecule has 2 aromatic heterocycles. The van der Waals surface area contributed by atoms with Gasteiger partial charge in [0, 0.05) is 25.2 Å². The second-order valence-electron chi connectivity index (χ2n) is 6.08. The van der Waals surface area contributed by atoms with Crippen molar-refractivity contribution in [2.75, 3.05) is 13.6 Å². The van der Waals surface area contributed by atoms with Crippen LogP contribution in [0.4, 0.5) is 0 Å². The Morgan fingerprint density at radius 3 is 2.88 bits per heavy atom. The number of hydrogen-bond acceptors (Lipinski definition) is 4. The molecular formula is C18H22N4OS.